The van der Waals surface area contributed by atoms with E-state index in [1.165, 1.54) is 4.90 Å². The van der Waals surface area contributed by atoms with Gasteiger partial charge in [-0.15, -0.1) is 0 Å². The zero-order valence-electron chi connectivity index (χ0n) is 8.79. The van der Waals surface area contributed by atoms with E-state index in [-0.39, 0.29) is 25.4 Å². The van der Waals surface area contributed by atoms with Crippen LogP contribution in [0.5, 0.6) is 0 Å². The summed E-state index contributed by atoms with van der Waals surface area (Å²) in [5.74, 6) is -1.78. The minimum absolute atomic E-state index is 0.134. The number of carbonyl (C=O) groups excluding carboxylic acids is 1. The van der Waals surface area contributed by atoms with Crippen LogP contribution in [0.15, 0.2) is 11.6 Å². The molecule has 0 aliphatic carbocycles. The molecule has 0 bridgehead atoms. The molecule has 1 atom stereocenters. The molecule has 1 amide bonds. The van der Waals surface area contributed by atoms with Crippen LogP contribution >= 0.6 is 0 Å². The van der Waals surface area contributed by atoms with Crippen LogP contribution in [-0.2, 0) is 9.59 Å². The first-order valence-corrected chi connectivity index (χ1v) is 4.75. The van der Waals surface area contributed by atoms with Crippen LogP contribution < -0.4 is 0 Å². The predicted octanol–water partition coefficient (Wildman–Crippen LogP) is 0.978. The van der Waals surface area contributed by atoms with Gasteiger partial charge in [-0.2, -0.15) is 0 Å². The molecule has 15 heavy (non-hydrogen) atoms. The zero-order chi connectivity index (χ0) is 11.6. The van der Waals surface area contributed by atoms with Crippen molar-refractivity contribution in [3.8, 4) is 0 Å². The van der Waals surface area contributed by atoms with Gasteiger partial charge < -0.3 is 10.0 Å². The summed E-state index contributed by atoms with van der Waals surface area (Å²) in [7, 11) is 0. The van der Waals surface area contributed by atoms with Crippen molar-refractivity contribution in [2.75, 3.05) is 13.1 Å². The summed E-state index contributed by atoms with van der Waals surface area (Å²) >= 11 is 0. The highest BCUT2D eigenvalue weighted by Gasteiger charge is 2.46. The highest BCUT2D eigenvalue weighted by molar-refractivity contribution is 5.93. The second kappa shape index (κ2) is 4.00. The fourth-order valence-corrected chi connectivity index (χ4v) is 1.49. The van der Waals surface area contributed by atoms with E-state index in [0.29, 0.717) is 5.57 Å². The van der Waals surface area contributed by atoms with Gasteiger partial charge in [0.2, 0.25) is 11.6 Å². The Bertz CT molecular complexity index is 327. The second-order valence-electron chi connectivity index (χ2n) is 3.72. The standard InChI is InChI=1S/C10H14FNO3/c1-3-7(2)8(13)12-5-4-10(11,6-12)9(14)15/h3H,4-6H2,1-2H3,(H,14,15)/b7-3-. The van der Waals surface area contributed by atoms with Gasteiger partial charge in [0.05, 0.1) is 6.54 Å². The highest BCUT2D eigenvalue weighted by Crippen LogP contribution is 2.26. The molecule has 1 unspecified atom stereocenters. The van der Waals surface area contributed by atoms with Gasteiger partial charge in [-0.05, 0) is 13.8 Å². The van der Waals surface area contributed by atoms with Gasteiger partial charge in [-0.3, -0.25) is 4.79 Å². The summed E-state index contributed by atoms with van der Waals surface area (Å²) in [6.45, 7) is 3.14. The number of carboxylic acid groups (broad SMARTS) is 1. The number of alkyl halides is 1. The fraction of sp³-hybridized carbons (Fsp3) is 0.600. The summed E-state index contributed by atoms with van der Waals surface area (Å²) in [5, 5.41) is 8.64. The van der Waals surface area contributed by atoms with Crippen molar-refractivity contribution in [1.82, 2.24) is 4.90 Å². The summed E-state index contributed by atoms with van der Waals surface area (Å²) in [5.41, 5.74) is -1.77. The normalized spacial score (nSPS) is 26.9. The number of nitrogens with zero attached hydrogens (tertiary/aromatic N) is 1. The third kappa shape index (κ3) is 2.16. The first-order chi connectivity index (χ1) is 6.90. The topological polar surface area (TPSA) is 57.6 Å². The van der Waals surface area contributed by atoms with Gasteiger partial charge in [0.15, 0.2) is 0 Å². The van der Waals surface area contributed by atoms with E-state index in [9.17, 15) is 14.0 Å². The van der Waals surface area contributed by atoms with Crippen LogP contribution in [0.25, 0.3) is 0 Å². The molecular formula is C10H14FNO3. The predicted molar refractivity (Wildman–Crippen MR) is 52.1 cm³/mol. The fourth-order valence-electron chi connectivity index (χ4n) is 1.49. The van der Waals surface area contributed by atoms with Crippen molar-refractivity contribution in [2.45, 2.75) is 25.9 Å². The van der Waals surface area contributed by atoms with Gasteiger partial charge >= 0.3 is 5.97 Å². The number of hydrogen-bond acceptors (Lipinski definition) is 2. The number of amides is 1. The van der Waals surface area contributed by atoms with E-state index in [1.54, 1.807) is 19.9 Å². The molecule has 1 fully saturated rings. The first-order valence-electron chi connectivity index (χ1n) is 4.75. The molecule has 0 aromatic heterocycles. The average Bonchev–Trinajstić information content (AvgIpc) is 2.60. The van der Waals surface area contributed by atoms with E-state index < -0.39 is 11.6 Å². The lowest BCUT2D eigenvalue weighted by atomic mass is 10.1. The van der Waals surface area contributed by atoms with Crippen LogP contribution in [0, 0.1) is 0 Å². The molecule has 1 N–H and O–H groups in total. The Morgan fingerprint density at radius 2 is 2.13 bits per heavy atom. The van der Waals surface area contributed by atoms with E-state index in [0.717, 1.165) is 0 Å². The lowest BCUT2D eigenvalue weighted by Crippen LogP contribution is -2.39. The van der Waals surface area contributed by atoms with Crippen LogP contribution in [0.4, 0.5) is 4.39 Å². The maximum atomic E-state index is 13.6. The van der Waals surface area contributed by atoms with E-state index in [2.05, 4.69) is 0 Å². The Morgan fingerprint density at radius 3 is 2.53 bits per heavy atom. The molecule has 1 heterocycles. The lowest BCUT2D eigenvalue weighted by Gasteiger charge is -2.17. The molecule has 1 saturated heterocycles. The summed E-state index contributed by atoms with van der Waals surface area (Å²) in [6, 6.07) is 0. The third-order valence-electron chi connectivity index (χ3n) is 2.66. The first kappa shape index (κ1) is 11.7. The van der Waals surface area contributed by atoms with Crippen molar-refractivity contribution in [2.24, 2.45) is 0 Å². The zero-order valence-corrected chi connectivity index (χ0v) is 8.79. The van der Waals surface area contributed by atoms with Crippen LogP contribution in [-0.4, -0.2) is 40.6 Å². The van der Waals surface area contributed by atoms with E-state index in [4.69, 9.17) is 5.11 Å². The molecule has 0 radical (unpaired) electrons. The molecular weight excluding hydrogens is 201 g/mol. The van der Waals surface area contributed by atoms with Crippen LogP contribution in [0.2, 0.25) is 0 Å². The number of halogens is 1. The molecule has 84 valence electrons. The molecule has 0 spiro atoms. The summed E-state index contributed by atoms with van der Waals surface area (Å²) in [4.78, 5) is 23.4. The molecule has 4 nitrogen and oxygen atoms in total. The van der Waals surface area contributed by atoms with Gasteiger partial charge in [-0.1, -0.05) is 6.08 Å². The van der Waals surface area contributed by atoms with Crippen molar-refractivity contribution in [3.05, 3.63) is 11.6 Å². The molecule has 5 heteroatoms. The molecule has 1 aliphatic rings. The van der Waals surface area contributed by atoms with Crippen molar-refractivity contribution in [3.63, 3.8) is 0 Å². The van der Waals surface area contributed by atoms with Crippen LogP contribution in [0.1, 0.15) is 20.3 Å². The third-order valence-corrected chi connectivity index (χ3v) is 2.66. The summed E-state index contributed by atoms with van der Waals surface area (Å²) < 4.78 is 13.6. The monoisotopic (exact) mass is 215 g/mol. The second-order valence-corrected chi connectivity index (χ2v) is 3.72. The number of carbonyl (C=O) groups is 2. The molecule has 1 rings (SSSR count). The molecule has 0 aromatic rings. The van der Waals surface area contributed by atoms with Crippen LogP contribution in [0.3, 0.4) is 0 Å². The average molecular weight is 215 g/mol. The van der Waals surface area contributed by atoms with Crippen molar-refractivity contribution >= 4 is 11.9 Å². The molecule has 0 aromatic carbocycles. The van der Waals surface area contributed by atoms with Gasteiger partial charge in [0.25, 0.3) is 0 Å². The molecule has 1 aliphatic heterocycles. The Labute approximate surface area is 87.4 Å². The minimum atomic E-state index is -2.27. The Morgan fingerprint density at radius 1 is 1.53 bits per heavy atom. The van der Waals surface area contributed by atoms with E-state index >= 15 is 0 Å². The molecule has 0 saturated carbocycles. The van der Waals surface area contributed by atoms with Gasteiger partial charge in [-0.25, -0.2) is 9.18 Å². The lowest BCUT2D eigenvalue weighted by molar-refractivity contribution is -0.150. The summed E-state index contributed by atoms with van der Waals surface area (Å²) in [6.07, 6.45) is 1.49. The number of carboxylic acids is 1. The number of allylic oxidation sites excluding steroid dienone is 1. The van der Waals surface area contributed by atoms with E-state index in [1.807, 2.05) is 0 Å². The smallest absolute Gasteiger partial charge is 0.343 e. The maximum absolute atomic E-state index is 13.6. The number of aliphatic carboxylic acids is 1. The number of hydrogen-bond donors (Lipinski definition) is 1. The Kier molecular flexibility index (Phi) is 3.12. The largest absolute Gasteiger partial charge is 0.479 e. The van der Waals surface area contributed by atoms with Gasteiger partial charge in [0, 0.05) is 18.5 Å². The maximum Gasteiger partial charge on any atom is 0.343 e. The number of rotatable bonds is 2. The van der Waals surface area contributed by atoms with Crippen molar-refractivity contribution in [1.29, 1.82) is 0 Å². The quantitative estimate of drug-likeness (QED) is 0.698. The Hall–Kier alpha value is -1.39. The minimum Gasteiger partial charge on any atom is -0.479 e. The highest BCUT2D eigenvalue weighted by atomic mass is 19.1. The van der Waals surface area contributed by atoms with Gasteiger partial charge in [0.1, 0.15) is 0 Å². The number of likely N-dealkylation sites (tertiary alicyclic amines) is 1. The Balaban J connectivity index is 2.73. The van der Waals surface area contributed by atoms with Crippen molar-refractivity contribution < 1.29 is 19.1 Å². The SMILES string of the molecule is C/C=C(/C)C(=O)N1CCC(F)(C(=O)O)C1.